The monoisotopic (exact) mass is 600 g/mol. The van der Waals surface area contributed by atoms with Crippen molar-refractivity contribution < 1.29 is 36.0 Å². The Morgan fingerprint density at radius 3 is 2.37 bits per heavy atom. The van der Waals surface area contributed by atoms with Gasteiger partial charge in [-0.2, -0.15) is 26.3 Å². The van der Waals surface area contributed by atoms with E-state index in [0.29, 0.717) is 34.9 Å². The van der Waals surface area contributed by atoms with Crippen molar-refractivity contribution in [3.05, 3.63) is 81.3 Å². The molecular weight excluding hydrogens is 578 g/mol. The third kappa shape index (κ3) is 5.52. The molecular formula is C27H23BrF6N2O2. The molecule has 38 heavy (non-hydrogen) atoms. The quantitative estimate of drug-likeness (QED) is 0.293. The molecule has 0 aliphatic carbocycles. The Balaban J connectivity index is 1.72. The van der Waals surface area contributed by atoms with Crippen LogP contribution >= 0.6 is 15.9 Å². The molecule has 1 N–H and O–H groups in total. The van der Waals surface area contributed by atoms with Crippen LogP contribution in [0, 0.1) is 5.92 Å². The second kappa shape index (κ2) is 10.2. The molecule has 0 radical (unpaired) electrons. The molecule has 0 saturated carbocycles. The number of carbonyl (C=O) groups excluding carboxylic acids is 1. The number of carbonyl (C=O) groups is 1. The van der Waals surface area contributed by atoms with Crippen LogP contribution in [-0.4, -0.2) is 17.8 Å². The molecule has 11 heteroatoms. The molecule has 0 fully saturated rings. The summed E-state index contributed by atoms with van der Waals surface area (Å²) in [6.07, 6.45) is -10.4. The first-order chi connectivity index (χ1) is 17.7. The molecule has 0 bridgehead atoms. The molecule has 1 atom stereocenters. The van der Waals surface area contributed by atoms with Crippen LogP contribution in [-0.2, 0) is 28.0 Å². The molecule has 1 aliphatic rings. The largest absolute Gasteiger partial charge is 0.435 e. The Morgan fingerprint density at radius 2 is 1.74 bits per heavy atom. The topological polar surface area (TPSA) is 50.7 Å². The third-order valence-corrected chi connectivity index (χ3v) is 6.73. The van der Waals surface area contributed by atoms with Crippen molar-refractivity contribution in [3.63, 3.8) is 0 Å². The van der Waals surface area contributed by atoms with Crippen molar-refractivity contribution in [3.8, 4) is 0 Å². The van der Waals surface area contributed by atoms with Crippen LogP contribution in [0.2, 0.25) is 0 Å². The Morgan fingerprint density at radius 1 is 1.05 bits per heavy atom. The summed E-state index contributed by atoms with van der Waals surface area (Å²) in [5, 5.41) is 7.87. The van der Waals surface area contributed by atoms with Crippen LogP contribution in [0.3, 0.4) is 0 Å². The summed E-state index contributed by atoms with van der Waals surface area (Å²) >= 11 is 2.89. The SMILES string of the molecule is CC(C)CC(=O)NCc1ccc(C2=NOC(c3cc(Br)cc(C(F)(F)F)c3)(C(F)(F)F)C2)c2ccccc12. The predicted octanol–water partition coefficient (Wildman–Crippen LogP) is 7.87. The zero-order valence-corrected chi connectivity index (χ0v) is 21.9. The van der Waals surface area contributed by atoms with E-state index in [4.69, 9.17) is 4.84 Å². The fourth-order valence-corrected chi connectivity index (χ4v) is 4.93. The first kappa shape index (κ1) is 27.9. The number of benzene rings is 3. The lowest BCUT2D eigenvalue weighted by atomic mass is 9.84. The molecule has 0 aromatic heterocycles. The third-order valence-electron chi connectivity index (χ3n) is 6.27. The minimum Gasteiger partial charge on any atom is -0.374 e. The lowest BCUT2D eigenvalue weighted by molar-refractivity contribution is -0.276. The summed E-state index contributed by atoms with van der Waals surface area (Å²) in [7, 11) is 0. The zero-order valence-electron chi connectivity index (χ0n) is 20.3. The van der Waals surface area contributed by atoms with Crippen LogP contribution in [0.1, 0.15) is 48.9 Å². The van der Waals surface area contributed by atoms with Gasteiger partial charge in [-0.15, -0.1) is 0 Å². The van der Waals surface area contributed by atoms with Crippen molar-refractivity contribution >= 4 is 38.3 Å². The smallest absolute Gasteiger partial charge is 0.374 e. The minimum absolute atomic E-state index is 0.0533. The van der Waals surface area contributed by atoms with Crippen molar-refractivity contribution in [1.29, 1.82) is 0 Å². The maximum absolute atomic E-state index is 14.5. The average Bonchev–Trinajstić information content (AvgIpc) is 3.28. The number of amides is 1. The highest BCUT2D eigenvalue weighted by Gasteiger charge is 2.62. The fraction of sp³-hybridized carbons (Fsp3) is 0.333. The first-order valence-corrected chi connectivity index (χ1v) is 12.5. The van der Waals surface area contributed by atoms with E-state index in [-0.39, 0.29) is 28.6 Å². The first-order valence-electron chi connectivity index (χ1n) is 11.7. The van der Waals surface area contributed by atoms with Crippen molar-refractivity contribution in [2.75, 3.05) is 0 Å². The molecule has 1 heterocycles. The molecule has 4 rings (SSSR count). The highest BCUT2D eigenvalue weighted by Crippen LogP contribution is 2.50. The van der Waals surface area contributed by atoms with Crippen LogP contribution in [0.4, 0.5) is 26.3 Å². The number of nitrogens with zero attached hydrogens (tertiary/aromatic N) is 1. The summed E-state index contributed by atoms with van der Waals surface area (Å²) in [6.45, 7) is 4.07. The fourth-order valence-electron chi connectivity index (χ4n) is 4.44. The molecule has 1 unspecified atom stereocenters. The van der Waals surface area contributed by atoms with E-state index in [1.54, 1.807) is 36.4 Å². The highest BCUT2D eigenvalue weighted by molar-refractivity contribution is 9.10. The number of rotatable bonds is 6. The van der Waals surface area contributed by atoms with Gasteiger partial charge in [-0.25, -0.2) is 0 Å². The molecule has 3 aromatic carbocycles. The average molecular weight is 601 g/mol. The van der Waals surface area contributed by atoms with Crippen LogP contribution in [0.25, 0.3) is 10.8 Å². The van der Waals surface area contributed by atoms with Gasteiger partial charge in [-0.1, -0.05) is 71.3 Å². The van der Waals surface area contributed by atoms with Gasteiger partial charge in [0.1, 0.15) is 0 Å². The minimum atomic E-state index is -5.07. The highest BCUT2D eigenvalue weighted by atomic mass is 79.9. The normalized spacial score (nSPS) is 18.0. The number of alkyl halides is 6. The van der Waals surface area contributed by atoms with Gasteiger partial charge in [-0.05, 0) is 40.5 Å². The predicted molar refractivity (Wildman–Crippen MR) is 134 cm³/mol. The summed E-state index contributed by atoms with van der Waals surface area (Å²) in [5.41, 5.74) is -3.99. The van der Waals surface area contributed by atoms with Gasteiger partial charge in [0.2, 0.25) is 5.91 Å². The maximum Gasteiger partial charge on any atom is 0.435 e. The molecule has 1 aliphatic heterocycles. The summed E-state index contributed by atoms with van der Waals surface area (Å²) in [6, 6.07) is 12.3. The van der Waals surface area contributed by atoms with Crippen molar-refractivity contribution in [2.45, 2.75) is 51.2 Å². The van der Waals surface area contributed by atoms with Gasteiger partial charge >= 0.3 is 12.4 Å². The van der Waals surface area contributed by atoms with Crippen LogP contribution in [0.15, 0.2) is 64.2 Å². The number of nitrogens with one attached hydrogen (secondary N) is 1. The maximum atomic E-state index is 14.5. The van der Waals surface area contributed by atoms with Gasteiger partial charge in [-0.3, -0.25) is 4.79 Å². The Bertz CT molecular complexity index is 1400. The van der Waals surface area contributed by atoms with E-state index < -0.39 is 35.5 Å². The van der Waals surface area contributed by atoms with E-state index in [2.05, 4.69) is 26.4 Å². The van der Waals surface area contributed by atoms with E-state index >= 15 is 0 Å². The molecule has 202 valence electrons. The van der Waals surface area contributed by atoms with E-state index in [9.17, 15) is 31.1 Å². The molecule has 3 aromatic rings. The molecule has 0 spiro atoms. The van der Waals surface area contributed by atoms with Crippen LogP contribution in [0.5, 0.6) is 0 Å². The number of fused-ring (bicyclic) bond motifs is 1. The number of hydrogen-bond acceptors (Lipinski definition) is 3. The zero-order chi connectivity index (χ0) is 27.9. The number of oxime groups is 1. The van der Waals surface area contributed by atoms with Crippen molar-refractivity contribution in [1.82, 2.24) is 5.32 Å². The second-order valence-corrected chi connectivity index (χ2v) is 10.5. The molecule has 4 nitrogen and oxygen atoms in total. The lowest BCUT2D eigenvalue weighted by Crippen LogP contribution is -2.43. The Hall–Kier alpha value is -3.08. The standard InChI is InChI=1S/C27H23BrF6N2O2/c1-15(2)9-24(37)35-14-16-7-8-22(21-6-4-3-5-20(16)21)23-13-25(38-36-23,27(32,33)34)17-10-18(26(29,30)31)12-19(28)11-17/h3-8,10-12,15H,9,13-14H2,1-2H3,(H,35,37). The van der Waals surface area contributed by atoms with E-state index in [1.807, 2.05) is 13.8 Å². The second-order valence-electron chi connectivity index (χ2n) is 9.55. The van der Waals surface area contributed by atoms with Crippen molar-refractivity contribution in [2.24, 2.45) is 11.1 Å². The van der Waals surface area contributed by atoms with Gasteiger partial charge in [0, 0.05) is 35.0 Å². The lowest BCUT2D eigenvalue weighted by Gasteiger charge is -2.30. The van der Waals surface area contributed by atoms with Gasteiger partial charge in [0.05, 0.1) is 11.3 Å². The Kier molecular flexibility index (Phi) is 7.53. The Labute approximate surface area is 223 Å². The number of halogens is 7. The summed E-state index contributed by atoms with van der Waals surface area (Å²) < 4.78 is 83.4. The van der Waals surface area contributed by atoms with Crippen LogP contribution < -0.4 is 5.32 Å². The van der Waals surface area contributed by atoms with Gasteiger partial charge in [0.25, 0.3) is 5.60 Å². The molecule has 1 amide bonds. The van der Waals surface area contributed by atoms with Gasteiger partial charge < -0.3 is 10.2 Å². The molecule has 0 saturated heterocycles. The van der Waals surface area contributed by atoms with E-state index in [0.717, 1.165) is 11.6 Å². The summed E-state index contributed by atoms with van der Waals surface area (Å²) in [4.78, 5) is 17.1. The number of hydrogen-bond donors (Lipinski definition) is 1. The summed E-state index contributed by atoms with van der Waals surface area (Å²) in [5.74, 6) is 0.0600. The van der Waals surface area contributed by atoms with E-state index in [1.165, 1.54) is 0 Å². The van der Waals surface area contributed by atoms with Gasteiger partial charge in [0.15, 0.2) is 0 Å².